The fourth-order valence-corrected chi connectivity index (χ4v) is 0. The van der Waals surface area contributed by atoms with Crippen LogP contribution in [-0.4, -0.2) is 16.5 Å². The van der Waals surface area contributed by atoms with Gasteiger partial charge < -0.3 is 15.0 Å². The van der Waals surface area contributed by atoms with E-state index in [9.17, 15) is 0 Å². The maximum atomic E-state index is 8.89. The maximum absolute atomic E-state index is 8.89. The van der Waals surface area contributed by atoms with Gasteiger partial charge in [-0.3, -0.25) is 0 Å². The van der Waals surface area contributed by atoms with Gasteiger partial charge in [0.05, 0.1) is 5.44 Å². The monoisotopic (exact) mass is 160 g/mol. The normalized spacial score (nSPS) is 9.78. The molecule has 1 atom stereocenters. The molecule has 9 heavy (non-hydrogen) atoms. The van der Waals surface area contributed by atoms with Crippen LogP contribution in [0.25, 0.3) is 0 Å². The molecule has 5 heteroatoms. The molecule has 1 unspecified atom stereocenters. The first-order valence-corrected chi connectivity index (χ1v) is 2.52. The zero-order valence-electron chi connectivity index (χ0n) is 5.79. The van der Waals surface area contributed by atoms with Crippen LogP contribution in [0.15, 0.2) is 0 Å². The van der Waals surface area contributed by atoms with Crippen molar-refractivity contribution in [1.29, 1.82) is 0 Å². The number of aliphatic hydroxyl groups is 1. The number of aliphatic hydroxyl groups excluding tert-OH is 1. The quantitative estimate of drug-likeness (QED) is 0.216. The Hall–Kier alpha value is 0.780. The minimum Gasteiger partial charge on any atom is -0.550 e. The summed E-state index contributed by atoms with van der Waals surface area (Å²) in [5, 5.41) is 16.8. The molecule has 0 amide bonds. The predicted molar refractivity (Wildman–Crippen MR) is 31.3 cm³/mol. The number of carboxylic acid groups (broad SMARTS) is 1. The van der Waals surface area contributed by atoms with Crippen molar-refractivity contribution in [2.75, 3.05) is 0 Å². The van der Waals surface area contributed by atoms with Gasteiger partial charge in [-0.25, -0.2) is 0 Å². The molecule has 0 aromatic carbocycles. The molecule has 0 bridgehead atoms. The molecule has 0 aliphatic carbocycles. The van der Waals surface area contributed by atoms with Gasteiger partial charge in [0.15, 0.2) is 0 Å². The summed E-state index contributed by atoms with van der Waals surface area (Å²) in [7, 11) is 0. The Morgan fingerprint density at radius 3 is 1.78 bits per heavy atom. The average Bonchev–Trinajstić information content (AvgIpc) is 1.25. The summed E-state index contributed by atoms with van der Waals surface area (Å²) in [6, 6.07) is 0. The van der Waals surface area contributed by atoms with Crippen LogP contribution in [0, 0.1) is 0 Å². The third-order valence-corrected chi connectivity index (χ3v) is 0. The first kappa shape index (κ1) is 16.4. The SMILES string of the molecule is CC(=O)[O-].CC(O)S.[Na+]. The fourth-order valence-electron chi connectivity index (χ4n) is 0. The first-order chi connectivity index (χ1) is 3.46. The summed E-state index contributed by atoms with van der Waals surface area (Å²) < 4.78 is 0. The van der Waals surface area contributed by atoms with Gasteiger partial charge in [-0.15, -0.1) is 12.6 Å². The van der Waals surface area contributed by atoms with Crippen LogP contribution in [0.4, 0.5) is 0 Å². The van der Waals surface area contributed by atoms with Gasteiger partial charge in [0.25, 0.3) is 0 Å². The molecule has 0 heterocycles. The third-order valence-electron chi connectivity index (χ3n) is 0. The molecular weight excluding hydrogens is 151 g/mol. The van der Waals surface area contributed by atoms with E-state index in [1.807, 2.05) is 0 Å². The van der Waals surface area contributed by atoms with Crippen LogP contribution >= 0.6 is 12.6 Å². The van der Waals surface area contributed by atoms with E-state index in [-0.39, 0.29) is 29.6 Å². The Morgan fingerprint density at radius 1 is 1.78 bits per heavy atom. The van der Waals surface area contributed by atoms with Crippen molar-refractivity contribution < 1.29 is 44.6 Å². The van der Waals surface area contributed by atoms with E-state index in [0.717, 1.165) is 6.92 Å². The van der Waals surface area contributed by atoms with E-state index < -0.39 is 11.4 Å². The predicted octanol–water partition coefficient (Wildman–Crippen LogP) is -3.99. The topological polar surface area (TPSA) is 60.4 Å². The molecule has 0 saturated carbocycles. The number of aliphatic carboxylic acids is 1. The van der Waals surface area contributed by atoms with Crippen molar-refractivity contribution in [2.24, 2.45) is 0 Å². The molecule has 3 nitrogen and oxygen atoms in total. The summed E-state index contributed by atoms with van der Waals surface area (Å²) in [6.07, 6.45) is 0. The summed E-state index contributed by atoms with van der Waals surface area (Å²) in [5.74, 6) is -1.08. The standard InChI is InChI=1S/C2H4O2.C2H6OS.Na/c2*1-2(3)4;/h1H3,(H,3,4);2-4H,1H3;/q;;+1/p-1. The van der Waals surface area contributed by atoms with Gasteiger partial charge in [0.1, 0.15) is 0 Å². The molecule has 0 aromatic rings. The van der Waals surface area contributed by atoms with Gasteiger partial charge >= 0.3 is 29.6 Å². The van der Waals surface area contributed by atoms with E-state index in [1.165, 1.54) is 0 Å². The van der Waals surface area contributed by atoms with E-state index in [2.05, 4.69) is 12.6 Å². The largest absolute Gasteiger partial charge is 1.00 e. The Labute approximate surface area is 82.2 Å². The molecule has 0 spiro atoms. The Bertz CT molecular complexity index is 60.1. The zero-order chi connectivity index (χ0) is 7.15. The van der Waals surface area contributed by atoms with Crippen LogP contribution in [0.1, 0.15) is 13.8 Å². The number of hydrogen-bond donors (Lipinski definition) is 2. The smallest absolute Gasteiger partial charge is 0.550 e. The van der Waals surface area contributed by atoms with Crippen molar-refractivity contribution in [1.82, 2.24) is 0 Å². The van der Waals surface area contributed by atoms with Crippen molar-refractivity contribution in [3.8, 4) is 0 Å². The van der Waals surface area contributed by atoms with E-state index in [4.69, 9.17) is 15.0 Å². The summed E-state index contributed by atoms with van der Waals surface area (Å²) >= 11 is 3.52. The van der Waals surface area contributed by atoms with Gasteiger partial charge in [0, 0.05) is 5.97 Å². The summed E-state index contributed by atoms with van der Waals surface area (Å²) in [6.45, 7) is 2.56. The van der Waals surface area contributed by atoms with Crippen molar-refractivity contribution >= 4 is 18.6 Å². The van der Waals surface area contributed by atoms with E-state index in [0.29, 0.717) is 0 Å². The molecule has 0 aliphatic rings. The first-order valence-electron chi connectivity index (χ1n) is 2.00. The number of rotatable bonds is 0. The molecule has 50 valence electrons. The number of carbonyl (C=O) groups excluding carboxylic acids is 1. The number of carboxylic acids is 1. The van der Waals surface area contributed by atoms with Gasteiger partial charge in [-0.1, -0.05) is 0 Å². The van der Waals surface area contributed by atoms with Gasteiger partial charge in [-0.05, 0) is 13.8 Å². The molecule has 0 fully saturated rings. The molecular formula is C4H9NaO3S. The number of thiol groups is 1. The second-order valence-corrected chi connectivity index (χ2v) is 1.87. The van der Waals surface area contributed by atoms with Crippen LogP contribution in [0.2, 0.25) is 0 Å². The van der Waals surface area contributed by atoms with Crippen molar-refractivity contribution in [2.45, 2.75) is 19.3 Å². The minimum absolute atomic E-state index is 0. The number of hydrogen-bond acceptors (Lipinski definition) is 4. The molecule has 0 rings (SSSR count). The van der Waals surface area contributed by atoms with Gasteiger partial charge in [-0.2, -0.15) is 0 Å². The second kappa shape index (κ2) is 11.6. The fraction of sp³-hybridized carbons (Fsp3) is 0.750. The maximum Gasteiger partial charge on any atom is 1.00 e. The molecule has 0 radical (unpaired) electrons. The van der Waals surface area contributed by atoms with Crippen LogP contribution in [0.5, 0.6) is 0 Å². The Kier molecular flexibility index (Phi) is 21.1. The van der Waals surface area contributed by atoms with Crippen molar-refractivity contribution in [3.05, 3.63) is 0 Å². The molecule has 1 N–H and O–H groups in total. The van der Waals surface area contributed by atoms with E-state index >= 15 is 0 Å². The van der Waals surface area contributed by atoms with Crippen LogP contribution in [-0.2, 0) is 4.79 Å². The Balaban J connectivity index is -0.0000000720. The van der Waals surface area contributed by atoms with Crippen LogP contribution < -0.4 is 34.7 Å². The third kappa shape index (κ3) is 663. The number of carbonyl (C=O) groups is 1. The average molecular weight is 160 g/mol. The minimum atomic E-state index is -1.08. The Morgan fingerprint density at radius 2 is 1.78 bits per heavy atom. The molecule has 0 aliphatic heterocycles. The van der Waals surface area contributed by atoms with Gasteiger partial charge in [0.2, 0.25) is 0 Å². The van der Waals surface area contributed by atoms with Crippen LogP contribution in [0.3, 0.4) is 0 Å². The molecule has 0 aromatic heterocycles. The van der Waals surface area contributed by atoms with E-state index in [1.54, 1.807) is 6.92 Å². The molecule has 0 saturated heterocycles. The van der Waals surface area contributed by atoms with Crippen molar-refractivity contribution in [3.63, 3.8) is 0 Å². The summed E-state index contributed by atoms with van der Waals surface area (Å²) in [4.78, 5) is 8.89. The zero-order valence-corrected chi connectivity index (χ0v) is 8.68. The summed E-state index contributed by atoms with van der Waals surface area (Å²) in [5.41, 5.74) is -0.472. The second-order valence-electron chi connectivity index (χ2n) is 1.12.